The number of ether oxygens (including phenoxy) is 3. The van der Waals surface area contributed by atoms with Gasteiger partial charge in [-0.05, 0) is 43.0 Å². The number of benzene rings is 1. The summed E-state index contributed by atoms with van der Waals surface area (Å²) in [7, 11) is 0. The van der Waals surface area contributed by atoms with Crippen molar-refractivity contribution in [3.63, 3.8) is 0 Å². The molecule has 0 aliphatic carbocycles. The van der Waals surface area contributed by atoms with Crippen LogP contribution in [-0.4, -0.2) is 44.1 Å². The molecule has 0 amide bonds. The van der Waals surface area contributed by atoms with Gasteiger partial charge < -0.3 is 19.3 Å². The molecule has 0 atom stereocenters. The smallest absolute Gasteiger partial charge is 0.335 e. The van der Waals surface area contributed by atoms with Crippen LogP contribution in [-0.2, 0) is 9.47 Å². The zero-order valence-corrected chi connectivity index (χ0v) is 11.4. The van der Waals surface area contributed by atoms with Crippen LogP contribution in [0.1, 0.15) is 23.2 Å². The highest BCUT2D eigenvalue weighted by atomic mass is 16.5. The molecule has 1 N–H and O–H groups in total. The lowest BCUT2D eigenvalue weighted by Crippen LogP contribution is -2.21. The van der Waals surface area contributed by atoms with Crippen LogP contribution in [0.25, 0.3) is 0 Å². The maximum absolute atomic E-state index is 10.7. The Kier molecular flexibility index (Phi) is 5.83. The average Bonchev–Trinajstić information content (AvgIpc) is 2.48. The fourth-order valence-electron chi connectivity index (χ4n) is 2.08. The van der Waals surface area contributed by atoms with Gasteiger partial charge in [-0.1, -0.05) is 0 Å². The lowest BCUT2D eigenvalue weighted by molar-refractivity contribution is 0.0139. The van der Waals surface area contributed by atoms with E-state index in [-0.39, 0.29) is 5.56 Å². The summed E-state index contributed by atoms with van der Waals surface area (Å²) in [5.74, 6) is 0.319. The summed E-state index contributed by atoms with van der Waals surface area (Å²) in [5, 5.41) is 8.78. The Hall–Kier alpha value is -1.59. The minimum absolute atomic E-state index is 0.258. The van der Waals surface area contributed by atoms with Crippen LogP contribution >= 0.6 is 0 Å². The van der Waals surface area contributed by atoms with Crippen LogP contribution in [0.5, 0.6) is 5.75 Å². The molecule has 1 aromatic rings. The molecule has 0 spiro atoms. The molecule has 0 unspecified atom stereocenters. The molecule has 20 heavy (non-hydrogen) atoms. The van der Waals surface area contributed by atoms with Gasteiger partial charge in [0.1, 0.15) is 12.4 Å². The van der Waals surface area contributed by atoms with Crippen molar-refractivity contribution in [2.45, 2.75) is 12.8 Å². The summed E-state index contributed by atoms with van der Waals surface area (Å²) in [6.45, 7) is 3.43. The van der Waals surface area contributed by atoms with Gasteiger partial charge in [-0.3, -0.25) is 0 Å². The number of hydrogen-bond donors (Lipinski definition) is 1. The molecular weight excluding hydrogens is 260 g/mol. The van der Waals surface area contributed by atoms with E-state index in [4.69, 9.17) is 19.3 Å². The van der Waals surface area contributed by atoms with E-state index >= 15 is 0 Å². The first-order valence-corrected chi connectivity index (χ1v) is 6.87. The highest BCUT2D eigenvalue weighted by molar-refractivity contribution is 5.87. The first-order chi connectivity index (χ1) is 9.75. The lowest BCUT2D eigenvalue weighted by Gasteiger charge is -2.21. The molecule has 0 bridgehead atoms. The van der Waals surface area contributed by atoms with Crippen LogP contribution in [0.2, 0.25) is 0 Å². The monoisotopic (exact) mass is 280 g/mol. The van der Waals surface area contributed by atoms with Crippen molar-refractivity contribution < 1.29 is 24.1 Å². The molecule has 1 heterocycles. The molecule has 0 saturated carbocycles. The number of carboxylic acids is 1. The molecule has 1 saturated heterocycles. The second-order valence-corrected chi connectivity index (χ2v) is 4.81. The quantitative estimate of drug-likeness (QED) is 0.776. The van der Waals surface area contributed by atoms with Gasteiger partial charge in [-0.25, -0.2) is 4.79 Å². The second kappa shape index (κ2) is 7.87. The van der Waals surface area contributed by atoms with Gasteiger partial charge in [0.2, 0.25) is 0 Å². The van der Waals surface area contributed by atoms with Gasteiger partial charge in [-0.15, -0.1) is 0 Å². The lowest BCUT2D eigenvalue weighted by atomic mass is 10.0. The first kappa shape index (κ1) is 14.8. The van der Waals surface area contributed by atoms with Crippen LogP contribution in [0.15, 0.2) is 24.3 Å². The Labute approximate surface area is 118 Å². The minimum Gasteiger partial charge on any atom is -0.491 e. The molecular formula is C15H20O5. The number of hydrogen-bond acceptors (Lipinski definition) is 4. The normalized spacial score (nSPS) is 16.0. The molecule has 0 aromatic heterocycles. The van der Waals surface area contributed by atoms with Crippen molar-refractivity contribution in [2.75, 3.05) is 33.0 Å². The predicted molar refractivity (Wildman–Crippen MR) is 73.3 cm³/mol. The van der Waals surface area contributed by atoms with E-state index in [0.717, 1.165) is 32.7 Å². The average molecular weight is 280 g/mol. The van der Waals surface area contributed by atoms with E-state index in [0.29, 0.717) is 24.9 Å². The van der Waals surface area contributed by atoms with Crippen LogP contribution < -0.4 is 4.74 Å². The molecule has 5 nitrogen and oxygen atoms in total. The van der Waals surface area contributed by atoms with Crippen LogP contribution in [0.4, 0.5) is 0 Å². The van der Waals surface area contributed by atoms with Crippen molar-refractivity contribution in [1.82, 2.24) is 0 Å². The van der Waals surface area contributed by atoms with Gasteiger partial charge in [0.05, 0.1) is 12.2 Å². The number of rotatable bonds is 7. The molecule has 2 rings (SSSR count). The predicted octanol–water partition coefficient (Wildman–Crippen LogP) is 2.21. The Morgan fingerprint density at radius 3 is 2.55 bits per heavy atom. The zero-order valence-electron chi connectivity index (χ0n) is 11.4. The van der Waals surface area contributed by atoms with E-state index in [1.165, 1.54) is 12.1 Å². The molecule has 1 aliphatic rings. The summed E-state index contributed by atoms with van der Waals surface area (Å²) in [5.41, 5.74) is 0.258. The van der Waals surface area contributed by atoms with E-state index in [9.17, 15) is 4.79 Å². The Balaban J connectivity index is 1.59. The number of carbonyl (C=O) groups is 1. The number of aromatic carboxylic acids is 1. The molecule has 1 fully saturated rings. The van der Waals surface area contributed by atoms with Crippen molar-refractivity contribution in [1.29, 1.82) is 0 Å². The third-order valence-corrected chi connectivity index (χ3v) is 3.29. The summed E-state index contributed by atoms with van der Waals surface area (Å²) in [4.78, 5) is 10.7. The summed E-state index contributed by atoms with van der Waals surface area (Å²) in [6.07, 6.45) is 2.13. The van der Waals surface area contributed by atoms with Gasteiger partial charge in [-0.2, -0.15) is 0 Å². The second-order valence-electron chi connectivity index (χ2n) is 4.81. The van der Waals surface area contributed by atoms with Crippen LogP contribution in [0.3, 0.4) is 0 Å². The highest BCUT2D eigenvalue weighted by Crippen LogP contribution is 2.15. The van der Waals surface area contributed by atoms with Crippen molar-refractivity contribution in [3.05, 3.63) is 29.8 Å². The van der Waals surface area contributed by atoms with Gasteiger partial charge in [0, 0.05) is 19.8 Å². The van der Waals surface area contributed by atoms with Crippen molar-refractivity contribution in [3.8, 4) is 5.75 Å². The van der Waals surface area contributed by atoms with Crippen molar-refractivity contribution >= 4 is 5.97 Å². The molecule has 110 valence electrons. The summed E-state index contributed by atoms with van der Waals surface area (Å²) in [6, 6.07) is 6.37. The Bertz CT molecular complexity index is 409. The molecule has 5 heteroatoms. The Morgan fingerprint density at radius 1 is 1.20 bits per heavy atom. The maximum atomic E-state index is 10.7. The van der Waals surface area contributed by atoms with Gasteiger partial charge in [0.25, 0.3) is 0 Å². The number of carboxylic acid groups (broad SMARTS) is 1. The van der Waals surface area contributed by atoms with Gasteiger partial charge in [0.15, 0.2) is 0 Å². The largest absolute Gasteiger partial charge is 0.491 e. The third kappa shape index (κ3) is 4.83. The topological polar surface area (TPSA) is 65.0 Å². The maximum Gasteiger partial charge on any atom is 0.335 e. The fourth-order valence-corrected chi connectivity index (χ4v) is 2.08. The molecule has 1 aliphatic heterocycles. The van der Waals surface area contributed by atoms with Gasteiger partial charge >= 0.3 is 5.97 Å². The van der Waals surface area contributed by atoms with E-state index in [1.54, 1.807) is 12.1 Å². The first-order valence-electron chi connectivity index (χ1n) is 6.87. The summed E-state index contributed by atoms with van der Waals surface area (Å²) >= 11 is 0. The Morgan fingerprint density at radius 2 is 1.90 bits per heavy atom. The van der Waals surface area contributed by atoms with E-state index in [1.807, 2.05) is 0 Å². The van der Waals surface area contributed by atoms with Crippen LogP contribution in [0, 0.1) is 5.92 Å². The minimum atomic E-state index is -0.934. The molecule has 1 aromatic carbocycles. The standard InChI is InChI=1S/C15H20O5/c16-15(17)13-1-3-14(4-2-13)20-10-9-19-11-12-5-7-18-8-6-12/h1-4,12H,5-11H2,(H,16,17). The fraction of sp³-hybridized carbons (Fsp3) is 0.533. The highest BCUT2D eigenvalue weighted by Gasteiger charge is 2.13. The molecule has 0 radical (unpaired) electrons. The SMILES string of the molecule is O=C(O)c1ccc(OCCOCC2CCOCC2)cc1. The van der Waals surface area contributed by atoms with Crippen molar-refractivity contribution in [2.24, 2.45) is 5.92 Å². The third-order valence-electron chi connectivity index (χ3n) is 3.29. The van der Waals surface area contributed by atoms with E-state index < -0.39 is 5.97 Å². The van der Waals surface area contributed by atoms with E-state index in [2.05, 4.69) is 0 Å². The summed E-state index contributed by atoms with van der Waals surface area (Å²) < 4.78 is 16.4. The zero-order chi connectivity index (χ0) is 14.2.